The maximum absolute atomic E-state index is 12.9. The molecule has 1 saturated heterocycles. The lowest BCUT2D eigenvalue weighted by Crippen LogP contribution is -2.60. The lowest BCUT2D eigenvalue weighted by atomic mass is 9.99. The fourth-order valence-corrected chi connectivity index (χ4v) is 7.47. The molecule has 7 atom stereocenters. The number of carbonyl (C=O) groups excluding carboxylic acids is 1. The molecule has 0 aromatic heterocycles. The first-order chi connectivity index (χ1) is 27.3. The van der Waals surface area contributed by atoms with Crippen LogP contribution in [-0.2, 0) is 14.3 Å². The van der Waals surface area contributed by atoms with Gasteiger partial charge in [0.15, 0.2) is 6.29 Å². The minimum atomic E-state index is -1.57. The Balaban J connectivity index is 2.28. The van der Waals surface area contributed by atoms with Gasteiger partial charge in [-0.3, -0.25) is 4.79 Å². The molecular formula is C47H89NO8. The summed E-state index contributed by atoms with van der Waals surface area (Å²) in [6.07, 6.45) is 38.2. The molecule has 1 fully saturated rings. The first-order valence-corrected chi connectivity index (χ1v) is 23.6. The Kier molecular flexibility index (Phi) is 35.7. The van der Waals surface area contributed by atoms with Gasteiger partial charge in [-0.05, 0) is 32.1 Å². The van der Waals surface area contributed by atoms with Crippen molar-refractivity contribution in [2.24, 2.45) is 0 Å². The number of ether oxygens (including phenoxy) is 2. The van der Waals surface area contributed by atoms with Gasteiger partial charge in [0.05, 0.1) is 25.4 Å². The molecule has 6 N–H and O–H groups in total. The standard InChI is InChI=1S/C47H89NO8/c1-3-5-7-9-11-13-14-15-16-17-18-19-20-21-22-23-24-25-26-27-29-30-32-34-36-41(50)40(39-55-47-46(54)45(53)44(52)42(38-49)56-47)48-43(51)37-35-33-31-28-12-10-8-6-4-2/h27,29,34,36,40-42,44-47,49-50,52-54H,3-26,28,30-33,35,37-39H2,1-2H3,(H,48,51)/b29-27+,36-34+. The van der Waals surface area contributed by atoms with Crippen molar-refractivity contribution in [3.63, 3.8) is 0 Å². The molecule has 1 aliphatic heterocycles. The maximum atomic E-state index is 12.9. The minimum absolute atomic E-state index is 0.190. The summed E-state index contributed by atoms with van der Waals surface area (Å²) in [6.45, 7) is 3.74. The van der Waals surface area contributed by atoms with E-state index in [9.17, 15) is 30.3 Å². The zero-order valence-electron chi connectivity index (χ0n) is 36.1. The van der Waals surface area contributed by atoms with Crippen molar-refractivity contribution >= 4 is 5.91 Å². The first-order valence-electron chi connectivity index (χ1n) is 23.6. The van der Waals surface area contributed by atoms with E-state index in [2.05, 4.69) is 31.3 Å². The minimum Gasteiger partial charge on any atom is -0.394 e. The fourth-order valence-electron chi connectivity index (χ4n) is 7.47. The van der Waals surface area contributed by atoms with Gasteiger partial charge in [-0.15, -0.1) is 0 Å². The molecule has 0 aromatic rings. The summed E-state index contributed by atoms with van der Waals surface area (Å²) in [6, 6.07) is -0.815. The van der Waals surface area contributed by atoms with Crippen LogP contribution in [0.25, 0.3) is 0 Å². The Hall–Kier alpha value is -1.33. The first kappa shape index (κ1) is 52.7. The topological polar surface area (TPSA) is 149 Å². The van der Waals surface area contributed by atoms with E-state index >= 15 is 0 Å². The number of hydrogen-bond donors (Lipinski definition) is 6. The van der Waals surface area contributed by atoms with E-state index < -0.39 is 49.5 Å². The summed E-state index contributed by atoms with van der Waals surface area (Å²) in [5.41, 5.74) is 0. The Labute approximate surface area is 343 Å². The summed E-state index contributed by atoms with van der Waals surface area (Å²) in [5.74, 6) is -0.190. The van der Waals surface area contributed by atoms with Crippen LogP contribution in [-0.4, -0.2) is 87.5 Å². The van der Waals surface area contributed by atoms with Crippen molar-refractivity contribution in [2.45, 2.75) is 256 Å². The molecule has 7 unspecified atom stereocenters. The molecule has 1 amide bonds. The third-order valence-electron chi connectivity index (χ3n) is 11.3. The number of nitrogens with one attached hydrogen (secondary N) is 1. The van der Waals surface area contributed by atoms with E-state index in [1.807, 2.05) is 6.08 Å². The number of amides is 1. The molecule has 0 aromatic carbocycles. The molecule has 0 radical (unpaired) electrons. The highest BCUT2D eigenvalue weighted by atomic mass is 16.7. The van der Waals surface area contributed by atoms with Crippen LogP contribution in [0.2, 0.25) is 0 Å². The number of rotatable bonds is 39. The number of aliphatic hydroxyl groups is 5. The molecule has 330 valence electrons. The zero-order valence-corrected chi connectivity index (χ0v) is 36.1. The fraction of sp³-hybridized carbons (Fsp3) is 0.894. The SMILES string of the molecule is CCCCCCCCCCCCCCCCCCCC/C=C/CC/C=C/C(O)C(COC1OC(CO)C(O)C(O)C1O)NC(=O)CCCCCCCCCCC. The van der Waals surface area contributed by atoms with E-state index in [-0.39, 0.29) is 12.5 Å². The van der Waals surface area contributed by atoms with Gasteiger partial charge in [0.1, 0.15) is 24.4 Å². The highest BCUT2D eigenvalue weighted by molar-refractivity contribution is 5.76. The van der Waals surface area contributed by atoms with Crippen molar-refractivity contribution in [1.29, 1.82) is 0 Å². The Morgan fingerprint density at radius 3 is 1.50 bits per heavy atom. The average molecular weight is 796 g/mol. The summed E-state index contributed by atoms with van der Waals surface area (Å²) in [5, 5.41) is 54.0. The Morgan fingerprint density at radius 2 is 1.02 bits per heavy atom. The third-order valence-corrected chi connectivity index (χ3v) is 11.3. The van der Waals surface area contributed by atoms with E-state index in [1.165, 1.54) is 154 Å². The van der Waals surface area contributed by atoms with Gasteiger partial charge < -0.3 is 40.3 Å². The molecule has 1 rings (SSSR count). The van der Waals surface area contributed by atoms with Crippen LogP contribution >= 0.6 is 0 Å². The molecule has 0 bridgehead atoms. The van der Waals surface area contributed by atoms with Crippen molar-refractivity contribution < 1.29 is 39.8 Å². The predicted molar refractivity (Wildman–Crippen MR) is 230 cm³/mol. The quantitative estimate of drug-likeness (QED) is 0.0266. The molecule has 0 spiro atoms. The van der Waals surface area contributed by atoms with Crippen molar-refractivity contribution in [3.05, 3.63) is 24.3 Å². The molecule has 1 heterocycles. The molecule has 9 heteroatoms. The normalized spacial score (nSPS) is 21.3. The van der Waals surface area contributed by atoms with Gasteiger partial charge in [0.25, 0.3) is 0 Å². The molecule has 1 aliphatic rings. The number of hydrogen-bond acceptors (Lipinski definition) is 8. The summed E-state index contributed by atoms with van der Waals surface area (Å²) in [7, 11) is 0. The average Bonchev–Trinajstić information content (AvgIpc) is 3.20. The van der Waals surface area contributed by atoms with Gasteiger partial charge >= 0.3 is 0 Å². The zero-order chi connectivity index (χ0) is 40.9. The highest BCUT2D eigenvalue weighted by Gasteiger charge is 2.44. The van der Waals surface area contributed by atoms with Crippen molar-refractivity contribution in [3.8, 4) is 0 Å². The second kappa shape index (κ2) is 37.9. The molecule has 0 saturated carbocycles. The van der Waals surface area contributed by atoms with Crippen molar-refractivity contribution in [1.82, 2.24) is 5.32 Å². The molecule has 9 nitrogen and oxygen atoms in total. The van der Waals surface area contributed by atoms with Crippen LogP contribution in [0.4, 0.5) is 0 Å². The van der Waals surface area contributed by atoms with Gasteiger partial charge in [-0.2, -0.15) is 0 Å². The maximum Gasteiger partial charge on any atom is 0.220 e. The van der Waals surface area contributed by atoms with Crippen LogP contribution in [0, 0.1) is 0 Å². The van der Waals surface area contributed by atoms with Crippen LogP contribution in [0.5, 0.6) is 0 Å². The number of aliphatic hydroxyl groups excluding tert-OH is 5. The monoisotopic (exact) mass is 796 g/mol. The second-order valence-corrected chi connectivity index (χ2v) is 16.5. The number of allylic oxidation sites excluding steroid dienone is 3. The van der Waals surface area contributed by atoms with Crippen LogP contribution < -0.4 is 5.32 Å². The highest BCUT2D eigenvalue weighted by Crippen LogP contribution is 2.23. The summed E-state index contributed by atoms with van der Waals surface area (Å²) < 4.78 is 11.2. The van der Waals surface area contributed by atoms with E-state index in [0.717, 1.165) is 38.5 Å². The second-order valence-electron chi connectivity index (χ2n) is 16.5. The van der Waals surface area contributed by atoms with Crippen molar-refractivity contribution in [2.75, 3.05) is 13.2 Å². The van der Waals surface area contributed by atoms with Crippen LogP contribution in [0.1, 0.15) is 213 Å². The van der Waals surface area contributed by atoms with Gasteiger partial charge in [-0.25, -0.2) is 0 Å². The molecule has 56 heavy (non-hydrogen) atoms. The van der Waals surface area contributed by atoms with Crippen LogP contribution in [0.3, 0.4) is 0 Å². The lowest BCUT2D eigenvalue weighted by molar-refractivity contribution is -0.302. The summed E-state index contributed by atoms with van der Waals surface area (Å²) >= 11 is 0. The molecular weight excluding hydrogens is 707 g/mol. The molecule has 0 aliphatic carbocycles. The van der Waals surface area contributed by atoms with E-state index in [0.29, 0.717) is 6.42 Å². The van der Waals surface area contributed by atoms with E-state index in [1.54, 1.807) is 6.08 Å². The van der Waals surface area contributed by atoms with Gasteiger partial charge in [0.2, 0.25) is 5.91 Å². The number of carbonyl (C=O) groups is 1. The number of unbranched alkanes of at least 4 members (excludes halogenated alkanes) is 27. The van der Waals surface area contributed by atoms with E-state index in [4.69, 9.17) is 9.47 Å². The predicted octanol–water partition coefficient (Wildman–Crippen LogP) is 9.89. The lowest BCUT2D eigenvalue weighted by Gasteiger charge is -2.40. The summed E-state index contributed by atoms with van der Waals surface area (Å²) in [4.78, 5) is 12.9. The van der Waals surface area contributed by atoms with Crippen LogP contribution in [0.15, 0.2) is 24.3 Å². The van der Waals surface area contributed by atoms with Gasteiger partial charge in [-0.1, -0.05) is 199 Å². The largest absolute Gasteiger partial charge is 0.394 e. The Morgan fingerprint density at radius 1 is 0.589 bits per heavy atom. The smallest absolute Gasteiger partial charge is 0.220 e. The Bertz CT molecular complexity index is 930. The third kappa shape index (κ3) is 28.2. The van der Waals surface area contributed by atoms with Gasteiger partial charge in [0, 0.05) is 6.42 Å².